The van der Waals surface area contributed by atoms with E-state index in [-0.39, 0.29) is 5.97 Å². The number of aromatic nitrogens is 1. The van der Waals surface area contributed by atoms with Crippen LogP contribution < -0.4 is 10.6 Å². The molecule has 1 saturated heterocycles. The Bertz CT molecular complexity index is 426. The molecular weight excluding hydrogens is 262 g/mol. The smallest absolute Gasteiger partial charge is 0.345 e. The third-order valence-corrected chi connectivity index (χ3v) is 4.25. The van der Waals surface area contributed by atoms with Crippen molar-refractivity contribution in [1.82, 2.24) is 4.37 Å². The first-order chi connectivity index (χ1) is 9.24. The van der Waals surface area contributed by atoms with E-state index in [2.05, 4.69) is 9.27 Å². The molecule has 1 fully saturated rings. The van der Waals surface area contributed by atoms with E-state index in [9.17, 15) is 4.79 Å². The van der Waals surface area contributed by atoms with Crippen LogP contribution in [0.2, 0.25) is 0 Å². The zero-order valence-corrected chi connectivity index (χ0v) is 12.2. The van der Waals surface area contributed by atoms with E-state index < -0.39 is 0 Å². The lowest BCUT2D eigenvalue weighted by molar-refractivity contribution is 0.0528. The number of rotatable bonds is 3. The van der Waals surface area contributed by atoms with Gasteiger partial charge in [-0.05, 0) is 31.3 Å². The van der Waals surface area contributed by atoms with Crippen LogP contribution >= 0.6 is 11.5 Å². The minimum absolute atomic E-state index is 0.292. The Hall–Kier alpha value is -1.30. The van der Waals surface area contributed by atoms with E-state index in [0.717, 1.165) is 30.9 Å². The minimum atomic E-state index is -0.356. The van der Waals surface area contributed by atoms with Crippen LogP contribution in [0, 0.1) is 0 Å². The Morgan fingerprint density at radius 3 is 2.58 bits per heavy atom. The summed E-state index contributed by atoms with van der Waals surface area (Å²) in [5.74, 6) is -0.0636. The minimum Gasteiger partial charge on any atom is -0.462 e. The predicted octanol–water partition coefficient (Wildman–Crippen LogP) is 2.67. The first kappa shape index (κ1) is 14.1. The van der Waals surface area contributed by atoms with E-state index >= 15 is 0 Å². The Morgan fingerprint density at radius 2 is 1.95 bits per heavy atom. The molecule has 0 aromatic carbocycles. The molecule has 1 aromatic rings. The summed E-state index contributed by atoms with van der Waals surface area (Å²) in [5.41, 5.74) is 6.27. The van der Waals surface area contributed by atoms with Crippen molar-refractivity contribution in [3.8, 4) is 0 Å². The maximum atomic E-state index is 12.0. The van der Waals surface area contributed by atoms with Crippen molar-refractivity contribution in [2.75, 3.05) is 30.3 Å². The molecule has 0 unspecified atom stereocenters. The van der Waals surface area contributed by atoms with Crippen LogP contribution in [0.1, 0.15) is 49.4 Å². The molecule has 0 bridgehead atoms. The van der Waals surface area contributed by atoms with E-state index in [0.29, 0.717) is 18.0 Å². The van der Waals surface area contributed by atoms with Gasteiger partial charge in [0, 0.05) is 13.1 Å². The lowest BCUT2D eigenvalue weighted by Crippen LogP contribution is -2.28. The molecule has 0 atom stereocenters. The average molecular weight is 283 g/mol. The second-order valence-electron chi connectivity index (χ2n) is 4.72. The molecule has 1 aliphatic heterocycles. The van der Waals surface area contributed by atoms with Gasteiger partial charge < -0.3 is 15.4 Å². The summed E-state index contributed by atoms with van der Waals surface area (Å²) in [6, 6.07) is 0. The van der Waals surface area contributed by atoms with E-state index in [1.165, 1.54) is 30.8 Å². The van der Waals surface area contributed by atoms with Gasteiger partial charge >= 0.3 is 5.97 Å². The second kappa shape index (κ2) is 6.75. The van der Waals surface area contributed by atoms with Crippen molar-refractivity contribution in [3.63, 3.8) is 0 Å². The molecule has 2 rings (SSSR count). The maximum Gasteiger partial charge on any atom is 0.345 e. The zero-order chi connectivity index (χ0) is 13.7. The summed E-state index contributed by atoms with van der Waals surface area (Å²) < 4.78 is 9.20. The molecule has 19 heavy (non-hydrogen) atoms. The first-order valence-electron chi connectivity index (χ1n) is 6.91. The molecule has 0 amide bonds. The van der Waals surface area contributed by atoms with Gasteiger partial charge in [-0.2, -0.15) is 4.37 Å². The van der Waals surface area contributed by atoms with Crippen molar-refractivity contribution in [2.24, 2.45) is 0 Å². The number of nitrogens with two attached hydrogens (primary N) is 1. The van der Waals surface area contributed by atoms with Gasteiger partial charge in [0.1, 0.15) is 10.6 Å². The molecule has 0 aliphatic carbocycles. The molecule has 0 saturated carbocycles. The highest BCUT2D eigenvalue weighted by Gasteiger charge is 2.24. The van der Waals surface area contributed by atoms with Gasteiger partial charge in [-0.25, -0.2) is 4.79 Å². The van der Waals surface area contributed by atoms with Gasteiger partial charge in [0.2, 0.25) is 0 Å². The largest absolute Gasteiger partial charge is 0.462 e. The van der Waals surface area contributed by atoms with Gasteiger partial charge in [0.25, 0.3) is 0 Å². The fraction of sp³-hybridized carbons (Fsp3) is 0.692. The summed E-state index contributed by atoms with van der Waals surface area (Å²) in [6.45, 7) is 4.08. The van der Waals surface area contributed by atoms with Gasteiger partial charge in [0.15, 0.2) is 5.82 Å². The van der Waals surface area contributed by atoms with Gasteiger partial charge in [-0.3, -0.25) is 0 Å². The fourth-order valence-electron chi connectivity index (χ4n) is 2.35. The Morgan fingerprint density at radius 1 is 1.32 bits per heavy atom. The molecule has 2 N–H and O–H groups in total. The lowest BCUT2D eigenvalue weighted by atomic mass is 10.1. The third-order valence-electron chi connectivity index (χ3n) is 3.32. The highest BCUT2D eigenvalue weighted by molar-refractivity contribution is 7.11. The Labute approximate surface area is 117 Å². The summed E-state index contributed by atoms with van der Waals surface area (Å²) >= 11 is 1.30. The highest BCUT2D eigenvalue weighted by Crippen LogP contribution is 2.32. The quantitative estimate of drug-likeness (QED) is 0.864. The molecule has 1 aliphatic rings. The van der Waals surface area contributed by atoms with E-state index in [1.807, 2.05) is 0 Å². The molecule has 2 heterocycles. The van der Waals surface area contributed by atoms with Gasteiger partial charge in [-0.15, -0.1) is 0 Å². The average Bonchev–Trinajstić information content (AvgIpc) is 2.71. The standard InChI is InChI=1S/C13H21N3O2S/c1-2-18-13(17)10-11(14)15-19-12(10)16-8-6-4-3-5-7-9-16/h2-9H2,1H3,(H2,14,15). The van der Waals surface area contributed by atoms with Crippen LogP contribution in [0.4, 0.5) is 10.8 Å². The van der Waals surface area contributed by atoms with Crippen LogP contribution in [0.5, 0.6) is 0 Å². The van der Waals surface area contributed by atoms with Crippen LogP contribution in [0.15, 0.2) is 0 Å². The van der Waals surface area contributed by atoms with Crippen LogP contribution in [0.25, 0.3) is 0 Å². The molecule has 5 nitrogen and oxygen atoms in total. The molecule has 0 spiro atoms. The van der Waals surface area contributed by atoms with Crippen LogP contribution in [-0.4, -0.2) is 30.0 Å². The summed E-state index contributed by atoms with van der Waals surface area (Å²) in [4.78, 5) is 14.2. The topological polar surface area (TPSA) is 68.5 Å². The fourth-order valence-corrected chi connectivity index (χ4v) is 3.21. The normalized spacial score (nSPS) is 16.8. The van der Waals surface area contributed by atoms with Crippen molar-refractivity contribution in [1.29, 1.82) is 0 Å². The molecule has 6 heteroatoms. The van der Waals surface area contributed by atoms with Crippen molar-refractivity contribution in [3.05, 3.63) is 5.56 Å². The monoisotopic (exact) mass is 283 g/mol. The van der Waals surface area contributed by atoms with Crippen molar-refractivity contribution < 1.29 is 9.53 Å². The van der Waals surface area contributed by atoms with Crippen molar-refractivity contribution in [2.45, 2.75) is 39.0 Å². The lowest BCUT2D eigenvalue weighted by Gasteiger charge is -2.25. The first-order valence-corrected chi connectivity index (χ1v) is 7.68. The third kappa shape index (κ3) is 3.37. The number of esters is 1. The highest BCUT2D eigenvalue weighted by atomic mass is 32.1. The number of anilines is 2. The number of nitrogens with zero attached hydrogens (tertiary/aromatic N) is 2. The molecule has 0 radical (unpaired) electrons. The summed E-state index contributed by atoms with van der Waals surface area (Å²) in [5, 5.41) is 0.873. The van der Waals surface area contributed by atoms with E-state index in [4.69, 9.17) is 10.5 Å². The number of carbonyl (C=O) groups excluding carboxylic acids is 1. The number of ether oxygens (including phenoxy) is 1. The van der Waals surface area contributed by atoms with Crippen LogP contribution in [-0.2, 0) is 4.74 Å². The van der Waals surface area contributed by atoms with Gasteiger partial charge in [-0.1, -0.05) is 19.3 Å². The van der Waals surface area contributed by atoms with E-state index in [1.54, 1.807) is 6.92 Å². The number of carbonyl (C=O) groups is 1. The Kier molecular flexibility index (Phi) is 5.01. The zero-order valence-electron chi connectivity index (χ0n) is 11.4. The second-order valence-corrected chi connectivity index (χ2v) is 5.48. The predicted molar refractivity (Wildman–Crippen MR) is 77.8 cm³/mol. The number of nitrogen functional groups attached to an aromatic ring is 1. The number of hydrogen-bond acceptors (Lipinski definition) is 6. The van der Waals surface area contributed by atoms with Crippen LogP contribution in [0.3, 0.4) is 0 Å². The molecule has 106 valence electrons. The summed E-state index contributed by atoms with van der Waals surface area (Å²) in [7, 11) is 0. The van der Waals surface area contributed by atoms with Crippen molar-refractivity contribution >= 4 is 28.3 Å². The number of hydrogen-bond donors (Lipinski definition) is 1. The summed E-state index contributed by atoms with van der Waals surface area (Å²) in [6.07, 6.45) is 6.11. The Balaban J connectivity index is 2.20. The molecule has 1 aromatic heterocycles. The molecular formula is C13H21N3O2S. The maximum absolute atomic E-state index is 12.0. The van der Waals surface area contributed by atoms with Gasteiger partial charge in [0.05, 0.1) is 6.61 Å². The SMILES string of the molecule is CCOC(=O)c1c(N)nsc1N1CCCCCCC1.